The first kappa shape index (κ1) is 45.3. The van der Waals surface area contributed by atoms with Crippen LogP contribution in [0.5, 0.6) is 0 Å². The van der Waals surface area contributed by atoms with Crippen molar-refractivity contribution in [2.45, 2.75) is 129 Å². The number of benzene rings is 4. The number of unbranched alkanes of at least 4 members (excludes halogenated alkanes) is 6. The number of aromatic nitrogens is 6. The molecule has 0 amide bonds. The molecule has 4 aliphatic rings. The number of fused-ring (bicyclic) bond motifs is 2. The normalized spacial score (nSPS) is 24.3. The Bertz CT molecular complexity index is 2380. The number of nitrogens with zero attached hydrogens (tertiary/aromatic N) is 6. The van der Waals surface area contributed by atoms with Crippen molar-refractivity contribution < 1.29 is 0 Å². The Balaban J connectivity index is 0.000000166. The van der Waals surface area contributed by atoms with Crippen molar-refractivity contribution >= 4 is 22.3 Å². The molecule has 0 bridgehead atoms. The molecule has 6 nitrogen and oxygen atoms in total. The van der Waals surface area contributed by atoms with Crippen LogP contribution in [0.4, 0.5) is 0 Å². The van der Waals surface area contributed by atoms with Crippen molar-refractivity contribution in [1.29, 1.82) is 0 Å². The van der Waals surface area contributed by atoms with Crippen molar-refractivity contribution in [3.63, 3.8) is 0 Å². The van der Waals surface area contributed by atoms with E-state index in [2.05, 4.69) is 165 Å². The highest BCUT2D eigenvalue weighted by atomic mass is 15.4. The van der Waals surface area contributed by atoms with Gasteiger partial charge >= 0.3 is 0 Å². The number of rotatable bonds is 18. The molecule has 6 atom stereocenters. The summed E-state index contributed by atoms with van der Waals surface area (Å²) in [5.74, 6) is 0.923. The van der Waals surface area contributed by atoms with Gasteiger partial charge in [0.15, 0.2) is 0 Å². The van der Waals surface area contributed by atoms with Crippen LogP contribution in [0.15, 0.2) is 170 Å². The molecule has 0 saturated heterocycles. The highest BCUT2D eigenvalue weighted by molar-refractivity contribution is 5.91. The van der Waals surface area contributed by atoms with Gasteiger partial charge in [-0.1, -0.05) is 208 Å². The van der Waals surface area contributed by atoms with Gasteiger partial charge in [-0.25, -0.2) is 9.36 Å². The van der Waals surface area contributed by atoms with Gasteiger partial charge in [0.1, 0.15) is 0 Å². The quantitative estimate of drug-likeness (QED) is 0.0807. The van der Waals surface area contributed by atoms with Crippen LogP contribution in [-0.4, -0.2) is 30.0 Å². The Morgan fingerprint density at radius 2 is 0.894 bits per heavy atom. The van der Waals surface area contributed by atoms with Crippen molar-refractivity contribution in [2.24, 2.45) is 22.7 Å². The molecule has 6 aromatic rings. The van der Waals surface area contributed by atoms with Crippen LogP contribution in [0.1, 0.15) is 151 Å². The van der Waals surface area contributed by atoms with Crippen LogP contribution in [-0.2, 0) is 0 Å². The molecule has 340 valence electrons. The zero-order valence-electron chi connectivity index (χ0n) is 39.6. The van der Waals surface area contributed by atoms with Crippen LogP contribution in [0.3, 0.4) is 0 Å². The van der Waals surface area contributed by atoms with E-state index in [0.29, 0.717) is 23.9 Å². The molecule has 2 saturated carbocycles. The maximum atomic E-state index is 4.80. The maximum Gasteiger partial charge on any atom is 0.0693 e. The lowest BCUT2D eigenvalue weighted by Gasteiger charge is -2.37. The van der Waals surface area contributed by atoms with Gasteiger partial charge in [0.2, 0.25) is 0 Å². The standard InChI is InChI=1S/2C30H35N3/c2*1-3-4-5-8-17-26-22-27-28(33-21-20-31-32-33)18-19-30(27,23(2)24-13-9-6-10-14-24)29(26)25-15-11-7-12-16-25/h2*6-7,9-16,20-21,27-28H,2-5,8,17-19,22H2,1H3/t27?,28-,30+;27?,28-,30-/m10/s1. The summed E-state index contributed by atoms with van der Waals surface area (Å²) in [4.78, 5) is 0. The zero-order chi connectivity index (χ0) is 45.4. The molecule has 0 radical (unpaired) electrons. The number of hydrogen-bond donors (Lipinski definition) is 0. The molecule has 6 heteroatoms. The number of allylic oxidation sites excluding steroid dienone is 6. The predicted molar refractivity (Wildman–Crippen MR) is 273 cm³/mol. The summed E-state index contributed by atoms with van der Waals surface area (Å²) in [5, 5.41) is 17.2. The minimum Gasteiger partial charge on any atom is -0.249 e. The predicted octanol–water partition coefficient (Wildman–Crippen LogP) is 15.5. The monoisotopic (exact) mass is 875 g/mol. The molecular weight excluding hydrogens is 805 g/mol. The van der Waals surface area contributed by atoms with E-state index in [0.717, 1.165) is 38.5 Å². The Kier molecular flexibility index (Phi) is 14.2. The topological polar surface area (TPSA) is 61.4 Å². The Morgan fingerprint density at radius 3 is 1.24 bits per heavy atom. The zero-order valence-corrected chi connectivity index (χ0v) is 39.6. The van der Waals surface area contributed by atoms with E-state index in [1.807, 2.05) is 24.8 Å². The Labute approximate surface area is 394 Å². The van der Waals surface area contributed by atoms with Crippen LogP contribution in [0.25, 0.3) is 22.3 Å². The third-order valence-corrected chi connectivity index (χ3v) is 16.1. The molecule has 2 heterocycles. The SMILES string of the molecule is C=C(c1ccccc1)[C@@]12CC[C@@H](n3ccnn3)C1CC(CCCCCC)=C2c1ccccc1.C=C(c1ccccc1)[C@@]12CC[C@H](n3ccnn3)C1CC(CCCCCC)=C2c1ccccc1. The molecule has 0 N–H and O–H groups in total. The summed E-state index contributed by atoms with van der Waals surface area (Å²) in [6, 6.07) is 44.7. The molecule has 0 aliphatic heterocycles. The first-order valence-corrected chi connectivity index (χ1v) is 25.3. The molecule has 66 heavy (non-hydrogen) atoms. The van der Waals surface area contributed by atoms with Gasteiger partial charge in [0.25, 0.3) is 0 Å². The van der Waals surface area contributed by atoms with Crippen molar-refractivity contribution in [2.75, 3.05) is 0 Å². The van der Waals surface area contributed by atoms with Gasteiger partial charge < -0.3 is 0 Å². The summed E-state index contributed by atoms with van der Waals surface area (Å²) in [5.41, 5.74) is 14.1. The summed E-state index contributed by atoms with van der Waals surface area (Å²) in [6.07, 6.45) is 27.2. The fourth-order valence-electron chi connectivity index (χ4n) is 13.2. The van der Waals surface area contributed by atoms with Crippen LogP contribution in [0.2, 0.25) is 0 Å². The smallest absolute Gasteiger partial charge is 0.0693 e. The lowest BCUT2D eigenvalue weighted by Crippen LogP contribution is -2.28. The molecule has 4 aliphatic carbocycles. The van der Waals surface area contributed by atoms with Gasteiger partial charge in [-0.05, 0) is 121 Å². The summed E-state index contributed by atoms with van der Waals surface area (Å²) in [7, 11) is 0. The fourth-order valence-corrected chi connectivity index (χ4v) is 13.2. The molecule has 2 fully saturated rings. The van der Waals surface area contributed by atoms with E-state index < -0.39 is 0 Å². The number of hydrogen-bond acceptors (Lipinski definition) is 4. The van der Waals surface area contributed by atoms with Gasteiger partial charge in [0, 0.05) is 23.2 Å². The average molecular weight is 875 g/mol. The summed E-state index contributed by atoms with van der Waals surface area (Å²) < 4.78 is 4.24. The summed E-state index contributed by atoms with van der Waals surface area (Å²) in [6.45, 7) is 14.2. The lowest BCUT2D eigenvalue weighted by atomic mass is 9.66. The molecule has 10 rings (SSSR count). The van der Waals surface area contributed by atoms with Crippen molar-refractivity contribution in [1.82, 2.24) is 30.0 Å². The molecule has 2 aromatic heterocycles. The molecule has 2 unspecified atom stereocenters. The van der Waals surface area contributed by atoms with E-state index in [-0.39, 0.29) is 10.8 Å². The minimum absolute atomic E-state index is 0.0561. The average Bonchev–Trinajstić information content (AvgIpc) is 4.24. The fraction of sp³-hybridized carbons (Fsp3) is 0.400. The van der Waals surface area contributed by atoms with Crippen molar-refractivity contribution in [3.05, 3.63) is 193 Å². The highest BCUT2D eigenvalue weighted by Crippen LogP contribution is 2.70. The first-order valence-electron chi connectivity index (χ1n) is 25.3. The molecule has 4 aromatic carbocycles. The third kappa shape index (κ3) is 8.64. The Hall–Kier alpha value is -5.88. The van der Waals surface area contributed by atoms with Gasteiger partial charge in [-0.15, -0.1) is 10.2 Å². The van der Waals surface area contributed by atoms with E-state index in [9.17, 15) is 0 Å². The van der Waals surface area contributed by atoms with Crippen LogP contribution >= 0.6 is 0 Å². The largest absolute Gasteiger partial charge is 0.249 e. The third-order valence-electron chi connectivity index (χ3n) is 16.1. The second-order valence-corrected chi connectivity index (χ2v) is 19.5. The van der Waals surface area contributed by atoms with Crippen LogP contribution in [0, 0.1) is 22.7 Å². The van der Waals surface area contributed by atoms with Gasteiger partial charge in [-0.3, -0.25) is 0 Å². The second-order valence-electron chi connectivity index (χ2n) is 19.5. The second kappa shape index (κ2) is 20.7. The lowest BCUT2D eigenvalue weighted by molar-refractivity contribution is 0.296. The van der Waals surface area contributed by atoms with E-state index in [1.165, 1.54) is 97.6 Å². The van der Waals surface area contributed by atoms with E-state index in [4.69, 9.17) is 13.2 Å². The van der Waals surface area contributed by atoms with E-state index >= 15 is 0 Å². The maximum absolute atomic E-state index is 4.80. The highest BCUT2D eigenvalue weighted by Gasteiger charge is 2.59. The van der Waals surface area contributed by atoms with Crippen LogP contribution < -0.4 is 0 Å². The first-order chi connectivity index (χ1) is 32.5. The molecular formula is C60H70N6. The minimum atomic E-state index is -0.0561. The van der Waals surface area contributed by atoms with Gasteiger partial charge in [-0.2, -0.15) is 0 Å². The summed E-state index contributed by atoms with van der Waals surface area (Å²) >= 11 is 0. The Morgan fingerprint density at radius 1 is 0.515 bits per heavy atom. The van der Waals surface area contributed by atoms with E-state index in [1.54, 1.807) is 22.3 Å². The van der Waals surface area contributed by atoms with Crippen molar-refractivity contribution in [3.8, 4) is 0 Å². The van der Waals surface area contributed by atoms with Gasteiger partial charge in [0.05, 0.1) is 24.5 Å². The molecule has 0 spiro atoms.